The number of ketones is 1. The average molecular weight is 439 g/mol. The van der Waals surface area contributed by atoms with Crippen molar-refractivity contribution in [1.29, 1.82) is 0 Å². The minimum atomic E-state index is -1.35. The monoisotopic (exact) mass is 439 g/mol. The number of nitrogens with zero attached hydrogens (tertiary/aromatic N) is 2. The Morgan fingerprint density at radius 3 is 2.39 bits per heavy atom. The van der Waals surface area contributed by atoms with E-state index in [2.05, 4.69) is 4.98 Å². The number of rotatable bonds is 6. The van der Waals surface area contributed by atoms with Gasteiger partial charge in [0.05, 0.1) is 6.20 Å². The zero-order valence-corrected chi connectivity index (χ0v) is 17.4. The molecule has 4 atom stereocenters. The summed E-state index contributed by atoms with van der Waals surface area (Å²) >= 11 is 0. The first-order valence-corrected chi connectivity index (χ1v) is 10.2. The van der Waals surface area contributed by atoms with E-state index in [1.165, 1.54) is 0 Å². The van der Waals surface area contributed by atoms with Crippen molar-refractivity contribution in [3.05, 3.63) is 22.5 Å². The number of halogens is 1. The van der Waals surface area contributed by atoms with Gasteiger partial charge in [-0.3, -0.25) is 19.0 Å². The van der Waals surface area contributed by atoms with Crippen molar-refractivity contribution in [1.82, 2.24) is 9.55 Å². The lowest BCUT2D eigenvalue weighted by molar-refractivity contribution is -0.165. The molecular weight excluding hydrogens is 413 g/mol. The summed E-state index contributed by atoms with van der Waals surface area (Å²) < 4.78 is 31.2. The van der Waals surface area contributed by atoms with Crippen LogP contribution in [0.5, 0.6) is 0 Å². The number of hydrogen-bond acceptors (Lipinski definition) is 9. The van der Waals surface area contributed by atoms with Gasteiger partial charge in [-0.05, 0) is 12.8 Å². The molecule has 1 aliphatic heterocycles. The fourth-order valence-electron chi connectivity index (χ4n) is 4.18. The molecule has 3 rings (SSSR count). The van der Waals surface area contributed by atoms with Gasteiger partial charge in [0.15, 0.2) is 30.1 Å². The molecule has 0 unspecified atom stereocenters. The first-order valence-electron chi connectivity index (χ1n) is 10.2. The van der Waals surface area contributed by atoms with Crippen LogP contribution in [0.25, 0.3) is 0 Å². The van der Waals surface area contributed by atoms with Crippen LogP contribution in [0.1, 0.15) is 58.6 Å². The Labute approximate surface area is 177 Å². The van der Waals surface area contributed by atoms with Crippen LogP contribution in [-0.4, -0.2) is 45.6 Å². The molecular formula is C20H26FN3O7. The van der Waals surface area contributed by atoms with Gasteiger partial charge in [0.1, 0.15) is 11.9 Å². The van der Waals surface area contributed by atoms with E-state index in [1.807, 2.05) is 0 Å². The zero-order chi connectivity index (χ0) is 22.7. The van der Waals surface area contributed by atoms with Crippen LogP contribution in [0.15, 0.2) is 11.0 Å². The van der Waals surface area contributed by atoms with E-state index in [-0.39, 0.29) is 18.1 Å². The smallest absolute Gasteiger partial charge is 0.351 e. The minimum absolute atomic E-state index is 0.0574. The molecule has 1 aromatic heterocycles. The van der Waals surface area contributed by atoms with Crippen LogP contribution >= 0.6 is 0 Å². The van der Waals surface area contributed by atoms with E-state index in [1.54, 1.807) is 0 Å². The van der Waals surface area contributed by atoms with Gasteiger partial charge in [-0.1, -0.05) is 19.3 Å². The van der Waals surface area contributed by atoms with Crippen LogP contribution in [0, 0.1) is 11.7 Å². The van der Waals surface area contributed by atoms with Gasteiger partial charge in [-0.25, -0.2) is 9.18 Å². The average Bonchev–Trinajstić information content (AvgIpc) is 3.01. The van der Waals surface area contributed by atoms with Gasteiger partial charge in [-0.2, -0.15) is 4.98 Å². The summed E-state index contributed by atoms with van der Waals surface area (Å²) in [5.41, 5.74) is 4.39. The molecule has 170 valence electrons. The summed E-state index contributed by atoms with van der Waals surface area (Å²) in [4.78, 5) is 52.0. The second-order valence-corrected chi connectivity index (χ2v) is 7.88. The Balaban J connectivity index is 1.93. The molecule has 2 aliphatic rings. The highest BCUT2D eigenvalue weighted by Gasteiger charge is 2.51. The molecule has 0 bridgehead atoms. The van der Waals surface area contributed by atoms with E-state index >= 15 is 0 Å². The second-order valence-electron chi connectivity index (χ2n) is 7.88. The maximum atomic E-state index is 14.0. The Hall–Kier alpha value is -2.82. The van der Waals surface area contributed by atoms with Crippen molar-refractivity contribution in [2.75, 3.05) is 5.73 Å². The van der Waals surface area contributed by atoms with Crippen molar-refractivity contribution in [3.63, 3.8) is 0 Å². The van der Waals surface area contributed by atoms with Crippen molar-refractivity contribution >= 4 is 23.5 Å². The maximum absolute atomic E-state index is 14.0. The molecule has 31 heavy (non-hydrogen) atoms. The molecule has 10 nitrogen and oxygen atoms in total. The molecule has 0 amide bonds. The third-order valence-electron chi connectivity index (χ3n) is 5.56. The van der Waals surface area contributed by atoms with Crippen molar-refractivity contribution < 1.29 is 33.0 Å². The predicted molar refractivity (Wildman–Crippen MR) is 104 cm³/mol. The fraction of sp³-hybridized carbons (Fsp3) is 0.650. The third-order valence-corrected chi connectivity index (χ3v) is 5.56. The van der Waals surface area contributed by atoms with Gasteiger partial charge in [0.2, 0.25) is 0 Å². The molecule has 11 heteroatoms. The highest BCUT2D eigenvalue weighted by atomic mass is 19.1. The summed E-state index contributed by atoms with van der Waals surface area (Å²) in [6.45, 7) is 2.29. The van der Waals surface area contributed by atoms with Crippen LogP contribution < -0.4 is 11.4 Å². The van der Waals surface area contributed by atoms with Gasteiger partial charge in [0, 0.05) is 26.2 Å². The van der Waals surface area contributed by atoms with Crippen LogP contribution in [0.3, 0.4) is 0 Å². The molecule has 0 spiro atoms. The number of Topliss-reactive ketones (excluding diaryl/α,β-unsaturated/α-hetero) is 1. The highest BCUT2D eigenvalue weighted by molar-refractivity contribution is 5.81. The first-order chi connectivity index (χ1) is 14.7. The first kappa shape index (κ1) is 22.9. The largest absolute Gasteiger partial charge is 0.456 e. The van der Waals surface area contributed by atoms with E-state index in [9.17, 15) is 23.6 Å². The number of nitrogens with two attached hydrogens (primary N) is 1. The number of hydrogen-bond donors (Lipinski definition) is 1. The summed E-state index contributed by atoms with van der Waals surface area (Å²) in [7, 11) is 0. The number of carbonyl (C=O) groups excluding carboxylic acids is 3. The van der Waals surface area contributed by atoms with E-state index < -0.39 is 53.8 Å². The molecule has 2 heterocycles. The predicted octanol–water partition coefficient (Wildman–Crippen LogP) is 1.26. The van der Waals surface area contributed by atoms with E-state index in [4.69, 9.17) is 19.9 Å². The number of anilines is 1. The quantitative estimate of drug-likeness (QED) is 0.649. The van der Waals surface area contributed by atoms with Crippen molar-refractivity contribution in [2.45, 2.75) is 76.9 Å². The number of ether oxygens (including phenoxy) is 3. The number of aromatic nitrogens is 2. The van der Waals surface area contributed by atoms with Crippen LogP contribution in [-0.2, 0) is 28.6 Å². The summed E-state index contributed by atoms with van der Waals surface area (Å²) in [6.07, 6.45) is 0.431. The Morgan fingerprint density at radius 1 is 1.16 bits per heavy atom. The summed E-state index contributed by atoms with van der Waals surface area (Å²) in [5, 5.41) is 0. The van der Waals surface area contributed by atoms with E-state index in [0.717, 1.165) is 56.7 Å². The van der Waals surface area contributed by atoms with Gasteiger partial charge < -0.3 is 19.9 Å². The molecule has 2 N–H and O–H groups in total. The second kappa shape index (κ2) is 9.54. The number of esters is 2. The number of nitrogen functional groups attached to an aromatic ring is 1. The van der Waals surface area contributed by atoms with Gasteiger partial charge in [0.25, 0.3) is 0 Å². The van der Waals surface area contributed by atoms with Gasteiger partial charge in [-0.15, -0.1) is 0 Å². The normalized spacial score (nSPS) is 26.4. The van der Waals surface area contributed by atoms with Crippen molar-refractivity contribution in [3.8, 4) is 0 Å². The van der Waals surface area contributed by atoms with Gasteiger partial charge >= 0.3 is 17.6 Å². The summed E-state index contributed by atoms with van der Waals surface area (Å²) in [6, 6.07) is 0. The Morgan fingerprint density at radius 2 is 1.77 bits per heavy atom. The molecule has 1 aliphatic carbocycles. The topological polar surface area (TPSA) is 140 Å². The van der Waals surface area contributed by atoms with Crippen molar-refractivity contribution in [2.24, 2.45) is 5.92 Å². The standard InChI is InChI=1S/C20H26FN3O7/c1-10(25)29-16-15(8-14(27)12-6-4-3-5-7-12)31-19(17(16)30-11(2)26)24-9-13(21)18(22)23-20(24)28/h9,12,15-17,19H,3-8H2,1-2H3,(H2,22,23,28)/t15-,16-,17-,19-/m1/s1. The third kappa shape index (κ3) is 5.27. The van der Waals surface area contributed by atoms with Crippen LogP contribution in [0.4, 0.5) is 10.2 Å². The molecule has 1 saturated heterocycles. The lowest BCUT2D eigenvalue weighted by atomic mass is 9.84. The lowest BCUT2D eigenvalue weighted by Crippen LogP contribution is -2.41. The molecule has 2 fully saturated rings. The fourth-order valence-corrected chi connectivity index (χ4v) is 4.18. The van der Waals surface area contributed by atoms with E-state index in [0.29, 0.717) is 0 Å². The maximum Gasteiger partial charge on any atom is 0.351 e. The molecule has 1 aromatic rings. The minimum Gasteiger partial charge on any atom is -0.456 e. The highest BCUT2D eigenvalue weighted by Crippen LogP contribution is 2.36. The Kier molecular flexibility index (Phi) is 7.04. The SMILES string of the molecule is CC(=O)O[C@@H]1[C@H](OC(C)=O)[C@@H](CC(=O)C2CCCCC2)O[C@H]1n1cc(F)c(N)nc1=O. The zero-order valence-electron chi connectivity index (χ0n) is 17.4. The molecule has 0 radical (unpaired) electrons. The van der Waals surface area contributed by atoms with Crippen LogP contribution in [0.2, 0.25) is 0 Å². The summed E-state index contributed by atoms with van der Waals surface area (Å²) in [5.74, 6) is -3.17. The Bertz CT molecular complexity index is 913. The molecule has 0 aromatic carbocycles. The number of carbonyl (C=O) groups is 3. The lowest BCUT2D eigenvalue weighted by Gasteiger charge is -2.25. The molecule has 1 saturated carbocycles.